The molecule has 0 aliphatic carbocycles. The van der Waals surface area contributed by atoms with Crippen LogP contribution in [-0.4, -0.2) is 33.9 Å². The van der Waals surface area contributed by atoms with Gasteiger partial charge >= 0.3 is 6.18 Å². The number of aryl methyl sites for hydroxylation is 1. The fraction of sp³-hybridized carbons (Fsp3) is 0.444. The summed E-state index contributed by atoms with van der Waals surface area (Å²) in [5.74, 6) is -0.735. The summed E-state index contributed by atoms with van der Waals surface area (Å²) in [6, 6.07) is 2.49. The van der Waals surface area contributed by atoms with Crippen LogP contribution in [0.1, 0.15) is 30.5 Å². The minimum absolute atomic E-state index is 0.0556. The van der Waals surface area contributed by atoms with E-state index in [4.69, 9.17) is 0 Å². The van der Waals surface area contributed by atoms with E-state index in [1.54, 1.807) is 31.8 Å². The Kier molecular flexibility index (Phi) is 6.65. The predicted molar refractivity (Wildman–Crippen MR) is 97.0 cm³/mol. The lowest BCUT2D eigenvalue weighted by atomic mass is 10.00. The van der Waals surface area contributed by atoms with E-state index in [-0.39, 0.29) is 24.6 Å². The number of aromatic nitrogens is 2. The standard InChI is InChI=1S/C18H23F4N5O/c1-4-23-16(25-11-17(2,28)13-9-26-27(3)10-13)24-8-12-5-6-14(19)7-15(12)18(20,21)22/h5-7,9-10,28H,4,8,11H2,1-3H3,(H2,23,24,25). The summed E-state index contributed by atoms with van der Waals surface area (Å²) in [7, 11) is 1.72. The van der Waals surface area contributed by atoms with Crippen molar-refractivity contribution in [2.75, 3.05) is 13.1 Å². The number of aliphatic hydroxyl groups is 1. The molecule has 0 amide bonds. The molecule has 10 heteroatoms. The molecule has 0 bridgehead atoms. The number of guanidine groups is 1. The van der Waals surface area contributed by atoms with Gasteiger partial charge in [-0.3, -0.25) is 4.68 Å². The van der Waals surface area contributed by atoms with Gasteiger partial charge in [0.25, 0.3) is 0 Å². The van der Waals surface area contributed by atoms with Crippen LogP contribution in [0.3, 0.4) is 0 Å². The molecule has 0 saturated carbocycles. The van der Waals surface area contributed by atoms with Crippen molar-refractivity contribution >= 4 is 5.96 Å². The maximum Gasteiger partial charge on any atom is 0.416 e. The number of aliphatic imine (C=N–C) groups is 1. The fourth-order valence-corrected chi connectivity index (χ4v) is 2.51. The molecule has 0 spiro atoms. The average molecular weight is 401 g/mol. The van der Waals surface area contributed by atoms with Crippen molar-refractivity contribution in [1.82, 2.24) is 20.4 Å². The van der Waals surface area contributed by atoms with E-state index in [2.05, 4.69) is 20.7 Å². The van der Waals surface area contributed by atoms with Gasteiger partial charge in [0.1, 0.15) is 11.4 Å². The molecule has 0 fully saturated rings. The molecule has 1 heterocycles. The van der Waals surface area contributed by atoms with Crippen molar-refractivity contribution in [1.29, 1.82) is 0 Å². The van der Waals surface area contributed by atoms with Crippen LogP contribution >= 0.6 is 0 Å². The lowest BCUT2D eigenvalue weighted by Crippen LogP contribution is -2.44. The molecule has 2 aromatic rings. The Hall–Kier alpha value is -2.62. The highest BCUT2D eigenvalue weighted by molar-refractivity contribution is 5.79. The van der Waals surface area contributed by atoms with Gasteiger partial charge < -0.3 is 15.7 Å². The van der Waals surface area contributed by atoms with E-state index in [1.165, 1.54) is 6.20 Å². The Morgan fingerprint density at radius 1 is 1.29 bits per heavy atom. The summed E-state index contributed by atoms with van der Waals surface area (Å²) < 4.78 is 54.1. The summed E-state index contributed by atoms with van der Waals surface area (Å²) in [5.41, 5.74) is -1.90. The fourth-order valence-electron chi connectivity index (χ4n) is 2.51. The van der Waals surface area contributed by atoms with E-state index in [0.29, 0.717) is 18.2 Å². The van der Waals surface area contributed by atoms with Crippen molar-refractivity contribution in [3.05, 3.63) is 53.1 Å². The Bertz CT molecular complexity index is 830. The number of alkyl halides is 3. The molecule has 1 atom stereocenters. The maximum absolute atomic E-state index is 13.2. The van der Waals surface area contributed by atoms with Gasteiger partial charge in [0.05, 0.1) is 24.8 Å². The molecule has 0 aliphatic rings. The second-order valence-corrected chi connectivity index (χ2v) is 6.52. The molecule has 1 unspecified atom stereocenters. The molecule has 0 radical (unpaired) electrons. The van der Waals surface area contributed by atoms with Crippen molar-refractivity contribution in [2.45, 2.75) is 32.2 Å². The van der Waals surface area contributed by atoms with Crippen molar-refractivity contribution in [2.24, 2.45) is 12.0 Å². The van der Waals surface area contributed by atoms with E-state index < -0.39 is 23.2 Å². The summed E-state index contributed by atoms with van der Waals surface area (Å²) in [4.78, 5) is 4.13. The van der Waals surface area contributed by atoms with Crippen LogP contribution in [0.2, 0.25) is 0 Å². The van der Waals surface area contributed by atoms with Gasteiger partial charge in [-0.1, -0.05) is 6.07 Å². The number of hydrogen-bond acceptors (Lipinski definition) is 3. The van der Waals surface area contributed by atoms with Crippen LogP contribution in [0.4, 0.5) is 17.6 Å². The van der Waals surface area contributed by atoms with E-state index in [1.807, 2.05) is 0 Å². The van der Waals surface area contributed by atoms with Crippen molar-refractivity contribution in [3.63, 3.8) is 0 Å². The topological polar surface area (TPSA) is 74.5 Å². The van der Waals surface area contributed by atoms with Gasteiger partial charge in [0, 0.05) is 25.4 Å². The lowest BCUT2D eigenvalue weighted by molar-refractivity contribution is -0.138. The third-order valence-corrected chi connectivity index (χ3v) is 4.06. The first kappa shape index (κ1) is 21.7. The minimum Gasteiger partial charge on any atom is -0.383 e. The van der Waals surface area contributed by atoms with Crippen LogP contribution in [0.5, 0.6) is 0 Å². The van der Waals surface area contributed by atoms with Crippen molar-refractivity contribution in [3.8, 4) is 0 Å². The smallest absolute Gasteiger partial charge is 0.383 e. The molecule has 28 heavy (non-hydrogen) atoms. The third kappa shape index (κ3) is 5.69. The van der Waals surface area contributed by atoms with Crippen molar-refractivity contribution < 1.29 is 22.7 Å². The number of nitrogens with zero attached hydrogens (tertiary/aromatic N) is 3. The monoisotopic (exact) mass is 401 g/mol. The molecule has 1 aromatic heterocycles. The summed E-state index contributed by atoms with van der Waals surface area (Å²) >= 11 is 0. The van der Waals surface area contributed by atoms with Crippen LogP contribution in [0.15, 0.2) is 35.6 Å². The van der Waals surface area contributed by atoms with Crippen LogP contribution in [0.25, 0.3) is 0 Å². The SMILES string of the molecule is CCNC(=NCc1ccc(F)cc1C(F)(F)F)NCC(C)(O)c1cnn(C)c1. The van der Waals surface area contributed by atoms with E-state index >= 15 is 0 Å². The highest BCUT2D eigenvalue weighted by Crippen LogP contribution is 2.32. The summed E-state index contributed by atoms with van der Waals surface area (Å²) in [6.45, 7) is 3.60. The molecule has 0 aliphatic heterocycles. The number of rotatable bonds is 6. The zero-order valence-electron chi connectivity index (χ0n) is 15.8. The van der Waals surface area contributed by atoms with E-state index in [9.17, 15) is 22.7 Å². The van der Waals surface area contributed by atoms with Gasteiger partial charge in [-0.2, -0.15) is 18.3 Å². The average Bonchev–Trinajstić information content (AvgIpc) is 3.05. The van der Waals surface area contributed by atoms with E-state index in [0.717, 1.165) is 12.1 Å². The first-order chi connectivity index (χ1) is 13.0. The normalized spacial score (nSPS) is 14.6. The largest absolute Gasteiger partial charge is 0.416 e. The summed E-state index contributed by atoms with van der Waals surface area (Å²) in [6.07, 6.45) is -1.48. The first-order valence-electron chi connectivity index (χ1n) is 8.62. The number of nitrogens with one attached hydrogen (secondary N) is 2. The zero-order valence-corrected chi connectivity index (χ0v) is 15.8. The number of benzene rings is 1. The predicted octanol–water partition coefficient (Wildman–Crippen LogP) is 2.54. The number of halogens is 4. The highest BCUT2D eigenvalue weighted by atomic mass is 19.4. The van der Waals surface area contributed by atoms with Gasteiger partial charge in [0.15, 0.2) is 5.96 Å². The van der Waals surface area contributed by atoms with Crippen LogP contribution in [-0.2, 0) is 25.4 Å². The lowest BCUT2D eigenvalue weighted by Gasteiger charge is -2.23. The molecule has 0 saturated heterocycles. The molecule has 1 aromatic carbocycles. The first-order valence-corrected chi connectivity index (χ1v) is 8.62. The molecule has 6 nitrogen and oxygen atoms in total. The van der Waals surface area contributed by atoms with Gasteiger partial charge in [-0.05, 0) is 31.5 Å². The molecule has 154 valence electrons. The Balaban J connectivity index is 2.15. The second kappa shape index (κ2) is 8.59. The molecular weight excluding hydrogens is 378 g/mol. The zero-order chi connectivity index (χ0) is 20.9. The third-order valence-electron chi connectivity index (χ3n) is 4.06. The maximum atomic E-state index is 13.2. The Morgan fingerprint density at radius 3 is 2.57 bits per heavy atom. The molecule has 2 rings (SSSR count). The second-order valence-electron chi connectivity index (χ2n) is 6.52. The van der Waals surface area contributed by atoms with Gasteiger partial charge in [-0.25, -0.2) is 9.38 Å². The molecular formula is C18H23F4N5O. The molecule has 3 N–H and O–H groups in total. The van der Waals surface area contributed by atoms with Crippen LogP contribution < -0.4 is 10.6 Å². The Labute approximate surface area is 160 Å². The summed E-state index contributed by atoms with van der Waals surface area (Å²) in [5, 5.41) is 20.4. The van der Waals surface area contributed by atoms with Gasteiger partial charge in [-0.15, -0.1) is 0 Å². The minimum atomic E-state index is -4.68. The quantitative estimate of drug-likeness (QED) is 0.395. The highest BCUT2D eigenvalue weighted by Gasteiger charge is 2.33. The van der Waals surface area contributed by atoms with Crippen LogP contribution in [0, 0.1) is 5.82 Å². The van der Waals surface area contributed by atoms with Gasteiger partial charge in [0.2, 0.25) is 0 Å². The Morgan fingerprint density at radius 2 is 2.00 bits per heavy atom. The number of hydrogen-bond donors (Lipinski definition) is 3.